The number of benzene rings is 1. The van der Waals surface area contributed by atoms with Gasteiger partial charge in [0.1, 0.15) is 12.2 Å². The largest absolute Gasteiger partial charge is 0.379 e. The molecule has 0 saturated carbocycles. The van der Waals surface area contributed by atoms with Crippen LogP contribution in [0.3, 0.4) is 0 Å². The Labute approximate surface area is 183 Å². The van der Waals surface area contributed by atoms with Gasteiger partial charge in [-0.3, -0.25) is 9.89 Å². The molecule has 0 amide bonds. The number of hydrogen-bond acceptors (Lipinski definition) is 5. The lowest BCUT2D eigenvalue weighted by atomic mass is 10.1. The molecule has 9 heteroatoms. The molecule has 1 saturated heterocycles. The monoisotopic (exact) mass is 433 g/mol. The van der Waals surface area contributed by atoms with Crippen molar-refractivity contribution in [2.75, 3.05) is 52.5 Å². The number of rotatable bonds is 10. The molecule has 2 aromatic rings. The fourth-order valence-electron chi connectivity index (χ4n) is 3.35. The van der Waals surface area contributed by atoms with Crippen LogP contribution in [-0.2, 0) is 24.1 Å². The molecule has 1 aromatic carbocycles. The highest BCUT2D eigenvalue weighted by Gasteiger charge is 2.09. The van der Waals surface area contributed by atoms with Crippen LogP contribution in [0, 0.1) is 0 Å². The second-order valence-electron chi connectivity index (χ2n) is 7.21. The summed E-state index contributed by atoms with van der Waals surface area (Å²) >= 11 is 6.09. The molecule has 0 unspecified atom stereocenters. The third-order valence-corrected chi connectivity index (χ3v) is 5.28. The molecule has 2 heterocycles. The van der Waals surface area contributed by atoms with Gasteiger partial charge in [-0.1, -0.05) is 30.7 Å². The summed E-state index contributed by atoms with van der Waals surface area (Å²) in [6.07, 6.45) is 3.54. The molecule has 2 N–H and O–H groups in total. The SMILES string of the molecule is CCc1nncn1CCNC(=NCCN1CCOCC1)NCCc1cccc(Cl)c1. The summed E-state index contributed by atoms with van der Waals surface area (Å²) in [7, 11) is 0. The van der Waals surface area contributed by atoms with E-state index in [-0.39, 0.29) is 0 Å². The summed E-state index contributed by atoms with van der Waals surface area (Å²) in [5, 5.41) is 15.8. The smallest absolute Gasteiger partial charge is 0.191 e. The number of morpholine rings is 1. The first-order valence-corrected chi connectivity index (χ1v) is 11.1. The molecule has 1 aliphatic rings. The Hall–Kier alpha value is -2.16. The standard InChI is InChI=1S/C21H32ClN7O/c1-2-20-27-26-17-29(20)11-9-25-21(24-8-10-28-12-14-30-15-13-28)23-7-6-18-4-3-5-19(22)16-18/h3-5,16-17H,2,6-15H2,1H3,(H2,23,24,25). The van der Waals surface area contributed by atoms with Crippen molar-refractivity contribution in [2.45, 2.75) is 26.3 Å². The lowest BCUT2D eigenvalue weighted by molar-refractivity contribution is 0.0394. The van der Waals surface area contributed by atoms with E-state index in [0.717, 1.165) is 88.7 Å². The molecular formula is C21H32ClN7O. The predicted octanol–water partition coefficient (Wildman–Crippen LogP) is 1.60. The Bertz CT molecular complexity index is 789. The minimum atomic E-state index is 0.749. The Balaban J connectivity index is 1.49. The van der Waals surface area contributed by atoms with Crippen LogP contribution in [0.25, 0.3) is 0 Å². The number of halogens is 1. The molecule has 0 atom stereocenters. The number of aryl methyl sites for hydroxylation is 1. The fourth-order valence-corrected chi connectivity index (χ4v) is 3.57. The second-order valence-corrected chi connectivity index (χ2v) is 7.65. The molecule has 0 spiro atoms. The minimum Gasteiger partial charge on any atom is -0.379 e. The van der Waals surface area contributed by atoms with Gasteiger partial charge in [0.15, 0.2) is 5.96 Å². The first-order valence-electron chi connectivity index (χ1n) is 10.7. The summed E-state index contributed by atoms with van der Waals surface area (Å²) in [5.41, 5.74) is 1.21. The fraction of sp³-hybridized carbons (Fsp3) is 0.571. The van der Waals surface area contributed by atoms with Gasteiger partial charge in [-0.15, -0.1) is 10.2 Å². The number of guanidine groups is 1. The van der Waals surface area contributed by atoms with Gasteiger partial charge >= 0.3 is 0 Å². The number of ether oxygens (including phenoxy) is 1. The minimum absolute atomic E-state index is 0.749. The first kappa shape index (κ1) is 22.5. The van der Waals surface area contributed by atoms with E-state index in [9.17, 15) is 0 Å². The van der Waals surface area contributed by atoms with Crippen molar-refractivity contribution in [1.82, 2.24) is 30.3 Å². The summed E-state index contributed by atoms with van der Waals surface area (Å²) in [5.74, 6) is 1.83. The maximum Gasteiger partial charge on any atom is 0.191 e. The van der Waals surface area contributed by atoms with Gasteiger partial charge in [0.25, 0.3) is 0 Å². The maximum absolute atomic E-state index is 6.09. The van der Waals surface area contributed by atoms with Gasteiger partial charge in [-0.25, -0.2) is 0 Å². The van der Waals surface area contributed by atoms with Crippen LogP contribution in [0.4, 0.5) is 0 Å². The van der Waals surface area contributed by atoms with Crippen LogP contribution < -0.4 is 10.6 Å². The van der Waals surface area contributed by atoms with Crippen molar-refractivity contribution in [3.05, 3.63) is 47.0 Å². The zero-order valence-corrected chi connectivity index (χ0v) is 18.4. The van der Waals surface area contributed by atoms with E-state index in [4.69, 9.17) is 21.3 Å². The van der Waals surface area contributed by atoms with Crippen molar-refractivity contribution in [3.8, 4) is 0 Å². The van der Waals surface area contributed by atoms with Crippen LogP contribution in [-0.4, -0.2) is 78.1 Å². The molecule has 30 heavy (non-hydrogen) atoms. The number of hydrogen-bond donors (Lipinski definition) is 2. The van der Waals surface area contributed by atoms with Crippen LogP contribution in [0.5, 0.6) is 0 Å². The summed E-state index contributed by atoms with van der Waals surface area (Å²) in [6, 6.07) is 7.98. The number of nitrogens with zero attached hydrogens (tertiary/aromatic N) is 5. The Kier molecular flexibility index (Phi) is 9.40. The third-order valence-electron chi connectivity index (χ3n) is 5.04. The quantitative estimate of drug-likeness (QED) is 0.437. The van der Waals surface area contributed by atoms with Crippen molar-refractivity contribution in [2.24, 2.45) is 4.99 Å². The highest BCUT2D eigenvalue weighted by molar-refractivity contribution is 6.30. The number of nitrogens with one attached hydrogen (secondary N) is 2. The Morgan fingerprint density at radius 2 is 2.03 bits per heavy atom. The molecule has 0 radical (unpaired) electrons. The van der Waals surface area contributed by atoms with Gasteiger partial charge < -0.3 is 19.9 Å². The van der Waals surface area contributed by atoms with Gasteiger partial charge in [0.05, 0.1) is 19.8 Å². The second kappa shape index (κ2) is 12.5. The van der Waals surface area contributed by atoms with Crippen LogP contribution in [0.1, 0.15) is 18.3 Å². The first-order chi connectivity index (χ1) is 14.7. The van der Waals surface area contributed by atoms with Gasteiger partial charge in [-0.2, -0.15) is 0 Å². The van der Waals surface area contributed by atoms with Crippen LogP contribution >= 0.6 is 11.6 Å². The predicted molar refractivity (Wildman–Crippen MR) is 120 cm³/mol. The maximum atomic E-state index is 6.09. The lowest BCUT2D eigenvalue weighted by Crippen LogP contribution is -2.41. The molecule has 0 aliphatic carbocycles. The average molecular weight is 434 g/mol. The van der Waals surface area contributed by atoms with Crippen LogP contribution in [0.2, 0.25) is 5.02 Å². The van der Waals surface area contributed by atoms with E-state index in [1.165, 1.54) is 5.56 Å². The molecule has 1 fully saturated rings. The summed E-state index contributed by atoms with van der Waals surface area (Å²) < 4.78 is 7.49. The van der Waals surface area contributed by atoms with E-state index in [0.29, 0.717) is 0 Å². The number of aromatic nitrogens is 3. The molecule has 0 bridgehead atoms. The average Bonchev–Trinajstić information content (AvgIpc) is 3.22. The molecule has 8 nitrogen and oxygen atoms in total. The van der Waals surface area contributed by atoms with Crippen molar-refractivity contribution in [1.29, 1.82) is 0 Å². The molecular weight excluding hydrogens is 402 g/mol. The summed E-state index contributed by atoms with van der Waals surface area (Å²) in [4.78, 5) is 7.16. The van der Waals surface area contributed by atoms with Crippen molar-refractivity contribution < 1.29 is 4.74 Å². The van der Waals surface area contributed by atoms with Crippen LogP contribution in [0.15, 0.2) is 35.6 Å². The van der Waals surface area contributed by atoms with E-state index in [1.54, 1.807) is 6.33 Å². The highest BCUT2D eigenvalue weighted by Crippen LogP contribution is 2.10. The van der Waals surface area contributed by atoms with Crippen molar-refractivity contribution >= 4 is 17.6 Å². The van der Waals surface area contributed by atoms with E-state index < -0.39 is 0 Å². The molecule has 1 aromatic heterocycles. The van der Waals surface area contributed by atoms with Crippen molar-refractivity contribution in [3.63, 3.8) is 0 Å². The normalized spacial score (nSPS) is 15.3. The number of aliphatic imine (C=N–C) groups is 1. The zero-order valence-electron chi connectivity index (χ0n) is 17.7. The highest BCUT2D eigenvalue weighted by atomic mass is 35.5. The topological polar surface area (TPSA) is 79.6 Å². The lowest BCUT2D eigenvalue weighted by Gasteiger charge is -2.25. The van der Waals surface area contributed by atoms with E-state index in [1.807, 2.05) is 18.2 Å². The van der Waals surface area contributed by atoms with E-state index in [2.05, 4.69) is 43.3 Å². The van der Waals surface area contributed by atoms with Gasteiger partial charge in [-0.05, 0) is 24.1 Å². The third kappa shape index (κ3) is 7.59. The van der Waals surface area contributed by atoms with Gasteiger partial charge in [0, 0.05) is 50.7 Å². The molecule has 3 rings (SSSR count). The van der Waals surface area contributed by atoms with E-state index >= 15 is 0 Å². The zero-order chi connectivity index (χ0) is 21.0. The Morgan fingerprint density at radius 3 is 2.83 bits per heavy atom. The Morgan fingerprint density at radius 1 is 1.20 bits per heavy atom. The molecule has 164 valence electrons. The summed E-state index contributed by atoms with van der Waals surface area (Å²) in [6.45, 7) is 9.70. The van der Waals surface area contributed by atoms with Gasteiger partial charge in [0.2, 0.25) is 0 Å². The molecule has 1 aliphatic heterocycles.